The fourth-order valence-corrected chi connectivity index (χ4v) is 0.591. The highest BCUT2D eigenvalue weighted by atomic mass is 16.5. The second-order valence-corrected chi connectivity index (χ2v) is 1.94. The fourth-order valence-electron chi connectivity index (χ4n) is 0.591. The lowest BCUT2D eigenvalue weighted by molar-refractivity contribution is -0.132. The number of ether oxygens (including phenoxy) is 1. The second-order valence-electron chi connectivity index (χ2n) is 1.94. The number of nitrogens with zero attached hydrogens (tertiary/aromatic N) is 2. The first-order valence-corrected chi connectivity index (χ1v) is 2.85. The zero-order chi connectivity index (χ0) is 7.56. The molecule has 0 spiro atoms. The van der Waals surface area contributed by atoms with Crippen molar-refractivity contribution in [1.29, 1.82) is 0 Å². The first kappa shape index (κ1) is 6.80. The minimum Gasteiger partial charge on any atom is -0.408 e. The molecule has 10 heavy (non-hydrogen) atoms. The van der Waals surface area contributed by atoms with Gasteiger partial charge < -0.3 is 9.30 Å². The summed E-state index contributed by atoms with van der Waals surface area (Å²) < 4.78 is 6.37. The van der Waals surface area contributed by atoms with Crippen molar-refractivity contribution in [2.45, 2.75) is 6.92 Å². The molecule has 0 saturated heterocycles. The molecule has 0 unspecified atom stereocenters. The average molecular weight is 140 g/mol. The summed E-state index contributed by atoms with van der Waals surface area (Å²) in [5.41, 5.74) is 0. The van der Waals surface area contributed by atoms with E-state index in [-0.39, 0.29) is 5.97 Å². The summed E-state index contributed by atoms with van der Waals surface area (Å²) in [6.45, 7) is 1.35. The maximum Gasteiger partial charge on any atom is 0.309 e. The Hall–Kier alpha value is -1.32. The van der Waals surface area contributed by atoms with Crippen LogP contribution in [0.3, 0.4) is 0 Å². The van der Waals surface area contributed by atoms with Crippen LogP contribution in [0.15, 0.2) is 12.5 Å². The standard InChI is InChI=1S/C6H8N2O2/c1-5(9)10-6-3-7-4-8(6)2/h3-4H,1-2H3. The van der Waals surface area contributed by atoms with Crippen LogP contribution in [0.25, 0.3) is 0 Å². The SMILES string of the molecule is CC(=O)Oc1cncn1C. The molecule has 0 fully saturated rings. The maximum atomic E-state index is 10.4. The smallest absolute Gasteiger partial charge is 0.309 e. The summed E-state index contributed by atoms with van der Waals surface area (Å²) in [7, 11) is 1.76. The molecule has 0 bridgehead atoms. The molecule has 0 saturated carbocycles. The Morgan fingerprint density at radius 3 is 2.90 bits per heavy atom. The molecule has 4 nitrogen and oxygen atoms in total. The van der Waals surface area contributed by atoms with Gasteiger partial charge in [-0.15, -0.1) is 0 Å². The largest absolute Gasteiger partial charge is 0.408 e. The first-order valence-electron chi connectivity index (χ1n) is 2.85. The van der Waals surface area contributed by atoms with E-state index in [4.69, 9.17) is 4.74 Å². The Bertz CT molecular complexity index is 242. The molecule has 4 heteroatoms. The number of hydrogen-bond acceptors (Lipinski definition) is 3. The van der Waals surface area contributed by atoms with Crippen molar-refractivity contribution in [2.24, 2.45) is 7.05 Å². The quantitative estimate of drug-likeness (QED) is 0.528. The normalized spacial score (nSPS) is 9.40. The lowest BCUT2D eigenvalue weighted by Crippen LogP contribution is -2.04. The molecule has 0 N–H and O–H groups in total. The van der Waals surface area contributed by atoms with Crippen LogP contribution < -0.4 is 4.74 Å². The van der Waals surface area contributed by atoms with Crippen molar-refractivity contribution in [3.05, 3.63) is 12.5 Å². The highest BCUT2D eigenvalue weighted by Gasteiger charge is 2.00. The molecule has 0 atom stereocenters. The van der Waals surface area contributed by atoms with Gasteiger partial charge in [-0.05, 0) is 0 Å². The topological polar surface area (TPSA) is 44.1 Å². The molecular formula is C6H8N2O2. The lowest BCUT2D eigenvalue weighted by atomic mass is 10.7. The van der Waals surface area contributed by atoms with E-state index in [1.807, 2.05) is 0 Å². The summed E-state index contributed by atoms with van der Waals surface area (Å²) in [4.78, 5) is 14.2. The zero-order valence-corrected chi connectivity index (χ0v) is 5.87. The van der Waals surface area contributed by atoms with E-state index in [9.17, 15) is 4.79 Å². The van der Waals surface area contributed by atoms with Gasteiger partial charge in [0, 0.05) is 14.0 Å². The summed E-state index contributed by atoms with van der Waals surface area (Å²) >= 11 is 0. The van der Waals surface area contributed by atoms with Gasteiger partial charge in [0.25, 0.3) is 0 Å². The summed E-state index contributed by atoms with van der Waals surface area (Å²) in [5, 5.41) is 0. The van der Waals surface area contributed by atoms with Gasteiger partial charge in [0.1, 0.15) is 0 Å². The van der Waals surface area contributed by atoms with E-state index in [2.05, 4.69) is 4.98 Å². The van der Waals surface area contributed by atoms with Crippen molar-refractivity contribution in [3.63, 3.8) is 0 Å². The average Bonchev–Trinajstić information content (AvgIpc) is 2.15. The van der Waals surface area contributed by atoms with E-state index in [1.165, 1.54) is 13.1 Å². The number of imidazole rings is 1. The molecule has 0 radical (unpaired) electrons. The van der Waals surface area contributed by atoms with E-state index < -0.39 is 0 Å². The Kier molecular flexibility index (Phi) is 1.71. The molecule has 1 heterocycles. The minimum atomic E-state index is -0.330. The predicted molar refractivity (Wildman–Crippen MR) is 34.5 cm³/mol. The van der Waals surface area contributed by atoms with Crippen LogP contribution in [0.2, 0.25) is 0 Å². The van der Waals surface area contributed by atoms with Crippen molar-refractivity contribution >= 4 is 5.97 Å². The van der Waals surface area contributed by atoms with E-state index >= 15 is 0 Å². The van der Waals surface area contributed by atoms with Crippen LogP contribution in [0.5, 0.6) is 5.88 Å². The Morgan fingerprint density at radius 1 is 1.80 bits per heavy atom. The number of esters is 1. The van der Waals surface area contributed by atoms with Gasteiger partial charge in [-0.3, -0.25) is 4.79 Å². The van der Waals surface area contributed by atoms with E-state index in [1.54, 1.807) is 17.9 Å². The molecule has 1 rings (SSSR count). The molecule has 0 aromatic carbocycles. The highest BCUT2D eigenvalue weighted by molar-refractivity contribution is 5.68. The third kappa shape index (κ3) is 1.34. The van der Waals surface area contributed by atoms with Crippen molar-refractivity contribution < 1.29 is 9.53 Å². The Morgan fingerprint density at radius 2 is 2.50 bits per heavy atom. The van der Waals surface area contributed by atoms with Gasteiger partial charge in [0.05, 0.1) is 12.5 Å². The number of aryl methyl sites for hydroxylation is 1. The van der Waals surface area contributed by atoms with Crippen LogP contribution >= 0.6 is 0 Å². The molecule has 0 aliphatic carbocycles. The highest BCUT2D eigenvalue weighted by Crippen LogP contribution is 2.05. The monoisotopic (exact) mass is 140 g/mol. The number of carbonyl (C=O) groups excluding carboxylic acids is 1. The van der Waals surface area contributed by atoms with Gasteiger partial charge in [0.15, 0.2) is 0 Å². The fraction of sp³-hybridized carbons (Fsp3) is 0.333. The van der Waals surface area contributed by atoms with Crippen LogP contribution in [0.4, 0.5) is 0 Å². The Labute approximate surface area is 58.4 Å². The molecule has 54 valence electrons. The van der Waals surface area contributed by atoms with Crippen molar-refractivity contribution in [1.82, 2.24) is 9.55 Å². The number of rotatable bonds is 1. The van der Waals surface area contributed by atoms with E-state index in [0.29, 0.717) is 5.88 Å². The minimum absolute atomic E-state index is 0.330. The first-order chi connectivity index (χ1) is 4.70. The molecule has 0 amide bonds. The number of hydrogen-bond donors (Lipinski definition) is 0. The van der Waals surface area contributed by atoms with E-state index in [0.717, 1.165) is 0 Å². The van der Waals surface area contributed by atoms with Crippen molar-refractivity contribution in [2.75, 3.05) is 0 Å². The molecular weight excluding hydrogens is 132 g/mol. The molecule has 0 aliphatic rings. The summed E-state index contributed by atoms with van der Waals surface area (Å²) in [5.74, 6) is 0.135. The van der Waals surface area contributed by atoms with Crippen molar-refractivity contribution in [3.8, 4) is 5.88 Å². The maximum absolute atomic E-state index is 10.4. The van der Waals surface area contributed by atoms with Gasteiger partial charge in [0.2, 0.25) is 5.88 Å². The van der Waals surface area contributed by atoms with Gasteiger partial charge in [-0.1, -0.05) is 0 Å². The number of carbonyl (C=O) groups is 1. The third-order valence-electron chi connectivity index (χ3n) is 1.02. The number of aromatic nitrogens is 2. The van der Waals surface area contributed by atoms with Crippen LogP contribution in [-0.4, -0.2) is 15.5 Å². The van der Waals surface area contributed by atoms with Gasteiger partial charge >= 0.3 is 5.97 Å². The van der Waals surface area contributed by atoms with Crippen LogP contribution in [-0.2, 0) is 11.8 Å². The van der Waals surface area contributed by atoms with Gasteiger partial charge in [-0.25, -0.2) is 4.98 Å². The van der Waals surface area contributed by atoms with Gasteiger partial charge in [-0.2, -0.15) is 0 Å². The third-order valence-corrected chi connectivity index (χ3v) is 1.02. The Balaban J connectivity index is 2.74. The lowest BCUT2D eigenvalue weighted by Gasteiger charge is -1.98. The molecule has 1 aromatic heterocycles. The zero-order valence-electron chi connectivity index (χ0n) is 5.87. The molecule has 1 aromatic rings. The second kappa shape index (κ2) is 2.51. The van der Waals surface area contributed by atoms with Crippen LogP contribution in [0.1, 0.15) is 6.92 Å². The summed E-state index contributed by atoms with van der Waals surface area (Å²) in [6.07, 6.45) is 3.06. The predicted octanol–water partition coefficient (Wildman–Crippen LogP) is 0.345. The summed E-state index contributed by atoms with van der Waals surface area (Å²) in [6, 6.07) is 0. The van der Waals surface area contributed by atoms with Crippen LogP contribution in [0, 0.1) is 0 Å². The molecule has 0 aliphatic heterocycles.